The molecule has 0 aliphatic heterocycles. The number of aliphatic hydroxyl groups is 1. The summed E-state index contributed by atoms with van der Waals surface area (Å²) in [4.78, 5) is 8.03. The molecule has 106 valence electrons. The molecule has 0 saturated carbocycles. The van der Waals surface area contributed by atoms with Crippen molar-refractivity contribution in [3.8, 4) is 0 Å². The number of pyridine rings is 1. The highest BCUT2D eigenvalue weighted by Crippen LogP contribution is 2.24. The Bertz CT molecular complexity index is 393. The molecule has 0 aromatic carbocycles. The van der Waals surface area contributed by atoms with E-state index in [1.807, 2.05) is 0 Å². The number of rotatable bonds is 6. The first-order chi connectivity index (χ1) is 8.87. The van der Waals surface area contributed by atoms with E-state index < -0.39 is 18.7 Å². The topological polar surface area (TPSA) is 45.5 Å². The van der Waals surface area contributed by atoms with Gasteiger partial charge in [-0.15, -0.1) is 0 Å². The maximum Gasteiger partial charge on any atom is 0.391 e. The first kappa shape index (κ1) is 15.6. The lowest BCUT2D eigenvalue weighted by Crippen LogP contribution is -2.21. The summed E-state index contributed by atoms with van der Waals surface area (Å²) in [6.07, 6.45) is -1.32. The van der Waals surface area contributed by atoms with E-state index in [1.54, 1.807) is 37.7 Å². The molecule has 0 aliphatic carbocycles. The minimum absolute atomic E-state index is 0.0576. The van der Waals surface area contributed by atoms with Crippen molar-refractivity contribution < 1.29 is 18.3 Å². The fourth-order valence-electron chi connectivity index (χ4n) is 1.68. The van der Waals surface area contributed by atoms with Crippen LogP contribution in [0.25, 0.3) is 0 Å². The van der Waals surface area contributed by atoms with Crippen LogP contribution in [0, 0.1) is 5.92 Å². The number of aliphatic hydroxyl groups excluding tert-OH is 1. The standard InChI is InChI=1S/C13H17F3N2O/c1-10(7-12(19)8-13(14,15)16)4-6-18-11-3-2-5-17-9-11/h2-3,5-6,9-10,12,19H,4,7-8H2,1H3. The summed E-state index contributed by atoms with van der Waals surface area (Å²) >= 11 is 0. The van der Waals surface area contributed by atoms with Crippen molar-refractivity contribution in [2.24, 2.45) is 10.9 Å². The van der Waals surface area contributed by atoms with Gasteiger partial charge in [0.05, 0.1) is 24.4 Å². The van der Waals surface area contributed by atoms with Gasteiger partial charge in [0.2, 0.25) is 0 Å². The van der Waals surface area contributed by atoms with E-state index in [9.17, 15) is 18.3 Å². The minimum atomic E-state index is -4.32. The van der Waals surface area contributed by atoms with Crippen LogP contribution < -0.4 is 0 Å². The fraction of sp³-hybridized carbons (Fsp3) is 0.538. The Morgan fingerprint density at radius 2 is 2.21 bits per heavy atom. The van der Waals surface area contributed by atoms with Crippen molar-refractivity contribution >= 4 is 11.9 Å². The zero-order chi connectivity index (χ0) is 14.3. The van der Waals surface area contributed by atoms with Gasteiger partial charge in [-0.25, -0.2) is 0 Å². The largest absolute Gasteiger partial charge is 0.393 e. The molecule has 3 nitrogen and oxygen atoms in total. The molecule has 0 bridgehead atoms. The molecule has 19 heavy (non-hydrogen) atoms. The predicted octanol–water partition coefficient (Wildman–Crippen LogP) is 3.51. The molecule has 0 aliphatic rings. The van der Waals surface area contributed by atoms with Gasteiger partial charge in [0.1, 0.15) is 0 Å². The highest BCUT2D eigenvalue weighted by molar-refractivity contribution is 5.62. The third-order valence-corrected chi connectivity index (χ3v) is 2.54. The SMILES string of the molecule is CC(CC=Nc1cccnc1)CC(O)CC(F)(F)F. The number of nitrogens with zero attached hydrogens (tertiary/aromatic N) is 2. The molecule has 1 rings (SSSR count). The van der Waals surface area contributed by atoms with E-state index in [-0.39, 0.29) is 12.3 Å². The number of halogens is 3. The van der Waals surface area contributed by atoms with Gasteiger partial charge < -0.3 is 5.11 Å². The summed E-state index contributed by atoms with van der Waals surface area (Å²) in [5.74, 6) is -0.0576. The summed E-state index contributed by atoms with van der Waals surface area (Å²) < 4.78 is 36.1. The maximum atomic E-state index is 12.0. The Balaban J connectivity index is 2.32. The van der Waals surface area contributed by atoms with Gasteiger partial charge in [-0.05, 0) is 30.9 Å². The van der Waals surface area contributed by atoms with Crippen molar-refractivity contribution in [1.29, 1.82) is 0 Å². The van der Waals surface area contributed by atoms with Crippen molar-refractivity contribution in [1.82, 2.24) is 4.98 Å². The van der Waals surface area contributed by atoms with Crippen molar-refractivity contribution in [3.63, 3.8) is 0 Å². The average molecular weight is 274 g/mol. The van der Waals surface area contributed by atoms with Crippen molar-refractivity contribution in [3.05, 3.63) is 24.5 Å². The van der Waals surface area contributed by atoms with Gasteiger partial charge in [0.15, 0.2) is 0 Å². The minimum Gasteiger partial charge on any atom is -0.393 e. The van der Waals surface area contributed by atoms with Crippen molar-refractivity contribution in [2.75, 3.05) is 0 Å². The Morgan fingerprint density at radius 1 is 1.47 bits per heavy atom. The first-order valence-electron chi connectivity index (χ1n) is 6.04. The Hall–Kier alpha value is -1.43. The molecule has 1 N–H and O–H groups in total. The second-order valence-electron chi connectivity index (χ2n) is 4.57. The lowest BCUT2D eigenvalue weighted by Gasteiger charge is -2.16. The van der Waals surface area contributed by atoms with Crippen LogP contribution in [-0.4, -0.2) is 28.6 Å². The Labute approximate surface area is 110 Å². The van der Waals surface area contributed by atoms with Crippen LogP contribution in [0.3, 0.4) is 0 Å². The lowest BCUT2D eigenvalue weighted by molar-refractivity contribution is -0.154. The quantitative estimate of drug-likeness (QED) is 0.807. The number of hydrogen-bond donors (Lipinski definition) is 1. The zero-order valence-electron chi connectivity index (χ0n) is 10.6. The van der Waals surface area contributed by atoms with Gasteiger partial charge in [-0.2, -0.15) is 13.2 Å². The number of aromatic nitrogens is 1. The molecule has 1 aromatic rings. The van der Waals surface area contributed by atoms with E-state index in [2.05, 4.69) is 9.98 Å². The highest BCUT2D eigenvalue weighted by atomic mass is 19.4. The van der Waals surface area contributed by atoms with E-state index in [1.165, 1.54) is 0 Å². The summed E-state index contributed by atoms with van der Waals surface area (Å²) in [6, 6.07) is 3.54. The molecule has 0 saturated heterocycles. The fourth-order valence-corrected chi connectivity index (χ4v) is 1.68. The third-order valence-electron chi connectivity index (χ3n) is 2.54. The number of aliphatic imine (C=N–C) groups is 1. The van der Waals surface area contributed by atoms with E-state index in [0.29, 0.717) is 12.1 Å². The molecule has 0 radical (unpaired) electrons. The van der Waals surface area contributed by atoms with Crippen molar-refractivity contribution in [2.45, 2.75) is 38.5 Å². The van der Waals surface area contributed by atoms with E-state index in [0.717, 1.165) is 0 Å². The van der Waals surface area contributed by atoms with Gasteiger partial charge in [-0.3, -0.25) is 9.98 Å². The van der Waals surface area contributed by atoms with Crippen LogP contribution in [0.15, 0.2) is 29.5 Å². The summed E-state index contributed by atoms with van der Waals surface area (Å²) in [6.45, 7) is 1.79. The summed E-state index contributed by atoms with van der Waals surface area (Å²) in [5, 5.41) is 9.30. The molecule has 0 fully saturated rings. The van der Waals surface area contributed by atoms with Gasteiger partial charge in [0.25, 0.3) is 0 Å². The Kier molecular flexibility index (Phi) is 5.95. The molecule has 0 amide bonds. The predicted molar refractivity (Wildman–Crippen MR) is 67.5 cm³/mol. The van der Waals surface area contributed by atoms with Crippen LogP contribution >= 0.6 is 0 Å². The van der Waals surface area contributed by atoms with Crippen LogP contribution in [0.5, 0.6) is 0 Å². The van der Waals surface area contributed by atoms with E-state index in [4.69, 9.17) is 0 Å². The van der Waals surface area contributed by atoms with Crippen LogP contribution in [0.1, 0.15) is 26.2 Å². The molecule has 0 spiro atoms. The number of alkyl halides is 3. The smallest absolute Gasteiger partial charge is 0.391 e. The molecular weight excluding hydrogens is 257 g/mol. The molecule has 2 unspecified atom stereocenters. The average Bonchev–Trinajstić information content (AvgIpc) is 2.27. The summed E-state index contributed by atoms with van der Waals surface area (Å²) in [5.41, 5.74) is 0.700. The van der Waals surface area contributed by atoms with Gasteiger partial charge in [-0.1, -0.05) is 6.92 Å². The zero-order valence-corrected chi connectivity index (χ0v) is 10.6. The van der Waals surface area contributed by atoms with Gasteiger partial charge >= 0.3 is 6.18 Å². The highest BCUT2D eigenvalue weighted by Gasteiger charge is 2.31. The Morgan fingerprint density at radius 3 is 2.79 bits per heavy atom. The number of hydrogen-bond acceptors (Lipinski definition) is 3. The third kappa shape index (κ3) is 7.56. The van der Waals surface area contributed by atoms with E-state index >= 15 is 0 Å². The second-order valence-corrected chi connectivity index (χ2v) is 4.57. The van der Waals surface area contributed by atoms with Gasteiger partial charge in [0, 0.05) is 12.4 Å². The van der Waals surface area contributed by atoms with Crippen LogP contribution in [0.4, 0.5) is 18.9 Å². The molecule has 6 heteroatoms. The molecule has 1 aromatic heterocycles. The monoisotopic (exact) mass is 274 g/mol. The van der Waals surface area contributed by atoms with Crippen LogP contribution in [0.2, 0.25) is 0 Å². The van der Waals surface area contributed by atoms with Crippen LogP contribution in [-0.2, 0) is 0 Å². The molecular formula is C13H17F3N2O. The second kappa shape index (κ2) is 7.23. The normalized spacial score (nSPS) is 15.6. The molecule has 2 atom stereocenters. The first-order valence-corrected chi connectivity index (χ1v) is 6.04. The lowest BCUT2D eigenvalue weighted by atomic mass is 9.99. The maximum absolute atomic E-state index is 12.0. The molecule has 1 heterocycles. The summed E-state index contributed by atoms with van der Waals surface area (Å²) in [7, 11) is 0.